The standard InChI is InChI=1S/C19H20N6O/c1-12-11-25-13(2)17(14-4-3-5-16-15(14)10-20-23-16)22-18(19(25)21-12)24-6-8-26-9-7-24/h3-5,10-11H,6-9H2,1-2H3,(H,20,23). The maximum atomic E-state index is 5.52. The van der Waals surface area contributed by atoms with Gasteiger partial charge < -0.3 is 9.64 Å². The van der Waals surface area contributed by atoms with Crippen LogP contribution in [-0.2, 0) is 4.74 Å². The molecular formula is C19H20N6O. The van der Waals surface area contributed by atoms with Crippen LogP contribution in [0.1, 0.15) is 11.4 Å². The Morgan fingerprint density at radius 3 is 2.81 bits per heavy atom. The number of aromatic amines is 1. The fourth-order valence-electron chi connectivity index (χ4n) is 3.68. The topological polar surface area (TPSA) is 71.3 Å². The minimum Gasteiger partial charge on any atom is -0.378 e. The number of hydrogen-bond acceptors (Lipinski definition) is 5. The van der Waals surface area contributed by atoms with Gasteiger partial charge in [0.15, 0.2) is 11.5 Å². The first-order chi connectivity index (χ1) is 12.7. The van der Waals surface area contributed by atoms with Crippen molar-refractivity contribution in [2.45, 2.75) is 13.8 Å². The highest BCUT2D eigenvalue weighted by atomic mass is 16.5. The van der Waals surface area contributed by atoms with E-state index >= 15 is 0 Å². The summed E-state index contributed by atoms with van der Waals surface area (Å²) in [5.74, 6) is 0.919. The van der Waals surface area contributed by atoms with Crippen molar-refractivity contribution in [2.75, 3.05) is 31.2 Å². The lowest BCUT2D eigenvalue weighted by molar-refractivity contribution is 0.122. The number of nitrogens with one attached hydrogen (secondary N) is 1. The molecule has 4 aromatic rings. The minimum atomic E-state index is 0.716. The molecule has 0 saturated carbocycles. The van der Waals surface area contributed by atoms with Gasteiger partial charge >= 0.3 is 0 Å². The molecular weight excluding hydrogens is 328 g/mol. The Morgan fingerprint density at radius 1 is 1.12 bits per heavy atom. The first-order valence-corrected chi connectivity index (χ1v) is 8.84. The Kier molecular flexibility index (Phi) is 3.43. The lowest BCUT2D eigenvalue weighted by Crippen LogP contribution is -2.37. The number of hydrogen-bond donors (Lipinski definition) is 1. The third-order valence-electron chi connectivity index (χ3n) is 5.00. The fourth-order valence-corrected chi connectivity index (χ4v) is 3.68. The predicted molar refractivity (Wildman–Crippen MR) is 101 cm³/mol. The molecule has 26 heavy (non-hydrogen) atoms. The van der Waals surface area contributed by atoms with Crippen LogP contribution in [0.3, 0.4) is 0 Å². The van der Waals surface area contributed by atoms with Crippen molar-refractivity contribution < 1.29 is 4.74 Å². The van der Waals surface area contributed by atoms with Gasteiger partial charge in [0.25, 0.3) is 0 Å². The summed E-state index contributed by atoms with van der Waals surface area (Å²) >= 11 is 0. The van der Waals surface area contributed by atoms with Gasteiger partial charge in [0, 0.05) is 35.9 Å². The zero-order valence-electron chi connectivity index (χ0n) is 14.9. The van der Waals surface area contributed by atoms with E-state index in [-0.39, 0.29) is 0 Å². The van der Waals surface area contributed by atoms with Crippen molar-refractivity contribution in [3.05, 3.63) is 42.0 Å². The Balaban J connectivity index is 1.80. The number of nitrogens with zero attached hydrogens (tertiary/aromatic N) is 5. The van der Waals surface area contributed by atoms with E-state index in [0.717, 1.165) is 58.1 Å². The fraction of sp³-hybridized carbons (Fsp3) is 0.316. The second-order valence-electron chi connectivity index (χ2n) is 6.68. The average Bonchev–Trinajstić information content (AvgIpc) is 3.29. The van der Waals surface area contributed by atoms with Crippen molar-refractivity contribution in [1.82, 2.24) is 24.6 Å². The summed E-state index contributed by atoms with van der Waals surface area (Å²) in [6, 6.07) is 6.17. The Morgan fingerprint density at radius 2 is 1.96 bits per heavy atom. The number of benzene rings is 1. The van der Waals surface area contributed by atoms with Gasteiger partial charge in [-0.2, -0.15) is 5.10 Å². The van der Waals surface area contributed by atoms with Gasteiger partial charge in [-0.15, -0.1) is 0 Å². The zero-order valence-corrected chi connectivity index (χ0v) is 14.9. The molecule has 7 nitrogen and oxygen atoms in total. The number of rotatable bonds is 2. The number of H-pyrrole nitrogens is 1. The highest BCUT2D eigenvalue weighted by molar-refractivity contribution is 5.94. The molecule has 1 fully saturated rings. The third-order valence-corrected chi connectivity index (χ3v) is 5.00. The predicted octanol–water partition coefficient (Wildman–Crippen LogP) is 2.73. The van der Waals surface area contributed by atoms with E-state index in [9.17, 15) is 0 Å². The number of imidazole rings is 1. The maximum Gasteiger partial charge on any atom is 0.180 e. The zero-order chi connectivity index (χ0) is 17.7. The molecule has 1 aliphatic heterocycles. The number of ether oxygens (including phenoxy) is 1. The molecule has 0 bridgehead atoms. The normalized spacial score (nSPS) is 15.2. The van der Waals surface area contributed by atoms with Crippen LogP contribution in [0.5, 0.6) is 0 Å². The quantitative estimate of drug-likeness (QED) is 0.603. The highest BCUT2D eigenvalue weighted by Crippen LogP contribution is 2.32. The molecule has 4 heterocycles. The van der Waals surface area contributed by atoms with Crippen molar-refractivity contribution in [3.63, 3.8) is 0 Å². The van der Waals surface area contributed by atoms with Gasteiger partial charge in [-0.25, -0.2) is 9.97 Å². The third kappa shape index (κ3) is 2.28. The molecule has 1 N–H and O–H groups in total. The molecule has 0 spiro atoms. The van der Waals surface area contributed by atoms with Crippen LogP contribution < -0.4 is 4.90 Å². The van der Waals surface area contributed by atoms with Gasteiger partial charge in [-0.1, -0.05) is 12.1 Å². The molecule has 0 unspecified atom stereocenters. The van der Waals surface area contributed by atoms with E-state index in [0.29, 0.717) is 13.2 Å². The summed E-state index contributed by atoms with van der Waals surface area (Å²) in [5, 5.41) is 8.32. The van der Waals surface area contributed by atoms with Crippen LogP contribution in [-0.4, -0.2) is 50.9 Å². The molecule has 1 saturated heterocycles. The first kappa shape index (κ1) is 15.3. The Hall–Kier alpha value is -2.93. The van der Waals surface area contributed by atoms with Crippen LogP contribution in [0, 0.1) is 13.8 Å². The minimum absolute atomic E-state index is 0.716. The summed E-state index contributed by atoms with van der Waals surface area (Å²) in [4.78, 5) is 12.1. The molecule has 1 aromatic carbocycles. The van der Waals surface area contributed by atoms with Crippen LogP contribution in [0.25, 0.3) is 27.8 Å². The van der Waals surface area contributed by atoms with E-state index in [4.69, 9.17) is 14.7 Å². The second-order valence-corrected chi connectivity index (χ2v) is 6.68. The maximum absolute atomic E-state index is 5.52. The summed E-state index contributed by atoms with van der Waals surface area (Å²) < 4.78 is 7.67. The summed E-state index contributed by atoms with van der Waals surface area (Å²) in [6.45, 7) is 7.20. The van der Waals surface area contributed by atoms with Crippen molar-refractivity contribution in [3.8, 4) is 11.3 Å². The number of aromatic nitrogens is 5. The van der Waals surface area contributed by atoms with Crippen molar-refractivity contribution in [2.24, 2.45) is 0 Å². The lowest BCUT2D eigenvalue weighted by Gasteiger charge is -2.28. The monoisotopic (exact) mass is 348 g/mol. The van der Waals surface area contributed by atoms with Crippen LogP contribution >= 0.6 is 0 Å². The molecule has 3 aromatic heterocycles. The smallest absolute Gasteiger partial charge is 0.180 e. The SMILES string of the molecule is Cc1cn2c(C)c(-c3cccc4[nH]ncc34)nc(N3CCOCC3)c2n1. The van der Waals surface area contributed by atoms with Gasteiger partial charge in [-0.05, 0) is 19.9 Å². The van der Waals surface area contributed by atoms with Crippen LogP contribution in [0.2, 0.25) is 0 Å². The lowest BCUT2D eigenvalue weighted by atomic mass is 10.1. The van der Waals surface area contributed by atoms with E-state index in [1.807, 2.05) is 25.3 Å². The van der Waals surface area contributed by atoms with E-state index < -0.39 is 0 Å². The Bertz CT molecular complexity index is 1110. The molecule has 0 atom stereocenters. The van der Waals surface area contributed by atoms with E-state index in [1.165, 1.54) is 0 Å². The van der Waals surface area contributed by atoms with E-state index in [2.05, 4.69) is 38.7 Å². The molecule has 0 radical (unpaired) electrons. The number of fused-ring (bicyclic) bond motifs is 2. The summed E-state index contributed by atoms with van der Waals surface area (Å²) in [5.41, 5.74) is 6.03. The largest absolute Gasteiger partial charge is 0.378 e. The molecule has 1 aliphatic rings. The van der Waals surface area contributed by atoms with E-state index in [1.54, 1.807) is 0 Å². The molecule has 7 heteroatoms. The first-order valence-electron chi connectivity index (χ1n) is 8.84. The van der Waals surface area contributed by atoms with Gasteiger partial charge in [0.05, 0.1) is 36.3 Å². The van der Waals surface area contributed by atoms with Gasteiger partial charge in [0.1, 0.15) is 0 Å². The van der Waals surface area contributed by atoms with Crippen molar-refractivity contribution >= 4 is 22.4 Å². The molecule has 0 amide bonds. The highest BCUT2D eigenvalue weighted by Gasteiger charge is 2.22. The number of aryl methyl sites for hydroxylation is 2. The molecule has 0 aliphatic carbocycles. The van der Waals surface area contributed by atoms with Gasteiger partial charge in [0.2, 0.25) is 0 Å². The second kappa shape index (κ2) is 5.81. The number of anilines is 1. The average molecular weight is 348 g/mol. The Labute approximate surface area is 150 Å². The molecule has 132 valence electrons. The number of morpholine rings is 1. The summed E-state index contributed by atoms with van der Waals surface area (Å²) in [6.07, 6.45) is 3.94. The van der Waals surface area contributed by atoms with Crippen LogP contribution in [0.15, 0.2) is 30.6 Å². The van der Waals surface area contributed by atoms with Crippen LogP contribution in [0.4, 0.5) is 5.82 Å². The van der Waals surface area contributed by atoms with Crippen molar-refractivity contribution in [1.29, 1.82) is 0 Å². The summed E-state index contributed by atoms with van der Waals surface area (Å²) in [7, 11) is 0. The molecule has 5 rings (SSSR count). The van der Waals surface area contributed by atoms with Gasteiger partial charge in [-0.3, -0.25) is 9.50 Å².